The van der Waals surface area contributed by atoms with Crippen LogP contribution in [0, 0.1) is 0 Å². The van der Waals surface area contributed by atoms with E-state index in [0.717, 1.165) is 4.68 Å². The first kappa shape index (κ1) is 23.4. The predicted molar refractivity (Wildman–Crippen MR) is 120 cm³/mol. The lowest BCUT2D eigenvalue weighted by molar-refractivity contribution is -0.275. The average Bonchev–Trinajstić information content (AvgIpc) is 2.72. The number of methoxy groups -OCH3 is 1. The highest BCUT2D eigenvalue weighted by molar-refractivity contribution is 6.32. The zero-order chi connectivity index (χ0) is 24.3. The van der Waals surface area contributed by atoms with Crippen molar-refractivity contribution in [3.63, 3.8) is 0 Å². The summed E-state index contributed by atoms with van der Waals surface area (Å²) in [6.07, 6.45) is -4.14. The number of halogens is 4. The Morgan fingerprint density at radius 2 is 1.97 bits per heavy atom. The summed E-state index contributed by atoms with van der Waals surface area (Å²) in [5.41, 5.74) is -3.53. The van der Waals surface area contributed by atoms with Crippen molar-refractivity contribution < 1.29 is 23.0 Å². The van der Waals surface area contributed by atoms with Crippen LogP contribution in [-0.2, 0) is 12.5 Å². The third-order valence-corrected chi connectivity index (χ3v) is 6.63. The molecule has 33 heavy (non-hydrogen) atoms. The Kier molecular flexibility index (Phi) is 5.41. The summed E-state index contributed by atoms with van der Waals surface area (Å²) < 4.78 is 49.6. The molecule has 3 aromatic rings. The van der Waals surface area contributed by atoms with Gasteiger partial charge in [-0.2, -0.15) is 18.3 Å². The van der Waals surface area contributed by atoms with E-state index >= 15 is 0 Å². The Labute approximate surface area is 192 Å². The lowest BCUT2D eigenvalue weighted by Gasteiger charge is -2.49. The highest BCUT2D eigenvalue weighted by Gasteiger charge is 2.64. The average molecular weight is 482 g/mol. The molecule has 0 spiro atoms. The zero-order valence-electron chi connectivity index (χ0n) is 18.4. The van der Waals surface area contributed by atoms with Gasteiger partial charge in [0.2, 0.25) is 0 Å². The fourth-order valence-corrected chi connectivity index (χ4v) is 4.93. The van der Waals surface area contributed by atoms with Gasteiger partial charge in [-0.3, -0.25) is 4.79 Å². The Morgan fingerprint density at radius 1 is 1.27 bits per heavy atom. The lowest BCUT2D eigenvalue weighted by Crippen LogP contribution is -2.58. The molecule has 0 saturated heterocycles. The van der Waals surface area contributed by atoms with Crippen LogP contribution < -0.4 is 15.6 Å². The number of anilines is 1. The topological polar surface area (TPSA) is 76.4 Å². The maximum Gasteiger partial charge on any atom is 0.419 e. The Balaban J connectivity index is 1.97. The van der Waals surface area contributed by atoms with Crippen molar-refractivity contribution in [3.05, 3.63) is 63.0 Å². The Bertz CT molecular complexity index is 1310. The van der Waals surface area contributed by atoms with E-state index in [4.69, 9.17) is 16.3 Å². The summed E-state index contributed by atoms with van der Waals surface area (Å²) in [5, 5.41) is 18.8. The minimum absolute atomic E-state index is 0.124. The van der Waals surface area contributed by atoms with E-state index in [9.17, 15) is 23.1 Å². The quantitative estimate of drug-likeness (QED) is 0.566. The molecule has 2 aromatic carbocycles. The zero-order valence-corrected chi connectivity index (χ0v) is 19.2. The molecule has 0 aliphatic heterocycles. The van der Waals surface area contributed by atoms with Gasteiger partial charge in [0.05, 0.1) is 29.8 Å². The maximum absolute atomic E-state index is 14.4. The largest absolute Gasteiger partial charge is 0.495 e. The number of rotatable bonds is 3. The first-order valence-corrected chi connectivity index (χ1v) is 10.6. The summed E-state index contributed by atoms with van der Waals surface area (Å²) in [6, 6.07) is 6.09. The molecule has 0 fully saturated rings. The highest BCUT2D eigenvalue weighted by atomic mass is 35.5. The summed E-state index contributed by atoms with van der Waals surface area (Å²) in [5.74, 6) is 0.331. The first-order chi connectivity index (χ1) is 15.3. The summed E-state index contributed by atoms with van der Waals surface area (Å²) in [7, 11) is 2.91. The predicted octanol–water partition coefficient (Wildman–Crippen LogP) is 4.72. The van der Waals surface area contributed by atoms with Crippen molar-refractivity contribution in [1.82, 2.24) is 9.78 Å². The number of aromatic nitrogens is 2. The Hall–Kier alpha value is -2.78. The minimum Gasteiger partial charge on any atom is -0.495 e. The second-order valence-electron chi connectivity index (χ2n) is 8.97. The molecule has 0 saturated carbocycles. The van der Waals surface area contributed by atoms with Crippen molar-refractivity contribution >= 4 is 28.1 Å². The van der Waals surface area contributed by atoms with E-state index in [1.54, 1.807) is 38.1 Å². The van der Waals surface area contributed by atoms with Crippen LogP contribution in [0.5, 0.6) is 5.75 Å². The number of alkyl halides is 3. The third-order valence-electron chi connectivity index (χ3n) is 6.33. The molecule has 0 bridgehead atoms. The minimum atomic E-state index is -4.95. The molecule has 4 rings (SSSR count). The van der Waals surface area contributed by atoms with Gasteiger partial charge in [-0.25, -0.2) is 4.68 Å². The van der Waals surface area contributed by atoms with Gasteiger partial charge in [0.1, 0.15) is 5.75 Å². The molecular weight excluding hydrogens is 459 g/mol. The summed E-state index contributed by atoms with van der Waals surface area (Å²) >= 11 is 6.29. The second kappa shape index (κ2) is 7.63. The van der Waals surface area contributed by atoms with E-state index in [1.165, 1.54) is 26.4 Å². The van der Waals surface area contributed by atoms with Crippen molar-refractivity contribution in [1.29, 1.82) is 0 Å². The molecule has 2 unspecified atom stereocenters. The number of aryl methyl sites for hydroxylation is 1. The number of aliphatic hydroxyl groups is 1. The molecule has 1 aromatic heterocycles. The van der Waals surface area contributed by atoms with Gasteiger partial charge in [-0.15, -0.1) is 0 Å². The molecule has 0 radical (unpaired) electrons. The molecule has 176 valence electrons. The van der Waals surface area contributed by atoms with Gasteiger partial charge in [-0.05, 0) is 47.2 Å². The number of hydrogen-bond donors (Lipinski definition) is 2. The standard InChI is InChI=1S/C23H23ClF3N3O3/c1-21(2)11-22(32,23(25,26)27)19(13-8-16(24)18(33-4)9-15(13)21)29-17-7-5-6-12-14(17)10-28-30(3)20(12)31/h5-10,19,29,32H,11H2,1-4H3. The van der Waals surface area contributed by atoms with E-state index in [2.05, 4.69) is 10.4 Å². The first-order valence-electron chi connectivity index (χ1n) is 10.2. The van der Waals surface area contributed by atoms with Crippen molar-refractivity contribution in [2.75, 3.05) is 12.4 Å². The van der Waals surface area contributed by atoms with Gasteiger partial charge < -0.3 is 15.2 Å². The van der Waals surface area contributed by atoms with E-state index < -0.39 is 29.7 Å². The van der Waals surface area contributed by atoms with E-state index in [1.807, 2.05) is 0 Å². The fourth-order valence-electron chi connectivity index (χ4n) is 4.68. The number of hydrogen-bond acceptors (Lipinski definition) is 5. The highest BCUT2D eigenvalue weighted by Crippen LogP contribution is 2.55. The van der Waals surface area contributed by atoms with Crippen LogP contribution in [0.4, 0.5) is 18.9 Å². The van der Waals surface area contributed by atoms with E-state index in [-0.39, 0.29) is 27.2 Å². The van der Waals surface area contributed by atoms with Crippen LogP contribution in [0.3, 0.4) is 0 Å². The van der Waals surface area contributed by atoms with Crippen LogP contribution in [0.2, 0.25) is 5.02 Å². The molecule has 6 nitrogen and oxygen atoms in total. The second-order valence-corrected chi connectivity index (χ2v) is 9.38. The molecule has 1 heterocycles. The number of nitrogens with one attached hydrogen (secondary N) is 1. The SMILES string of the molecule is COc1cc2c(cc1Cl)C(Nc1cccc3c(=O)n(C)ncc13)C(O)(C(F)(F)F)CC2(C)C. The van der Waals surface area contributed by atoms with Gasteiger partial charge >= 0.3 is 6.18 Å². The third kappa shape index (κ3) is 3.63. The van der Waals surface area contributed by atoms with Gasteiger partial charge in [-0.1, -0.05) is 31.5 Å². The van der Waals surface area contributed by atoms with E-state index in [0.29, 0.717) is 16.7 Å². The monoisotopic (exact) mass is 481 g/mol. The lowest BCUT2D eigenvalue weighted by atomic mass is 9.63. The smallest absolute Gasteiger partial charge is 0.419 e. The van der Waals surface area contributed by atoms with Crippen LogP contribution in [0.25, 0.3) is 10.8 Å². The number of nitrogens with zero attached hydrogens (tertiary/aromatic N) is 2. The fraction of sp³-hybridized carbons (Fsp3) is 0.391. The van der Waals surface area contributed by atoms with Gasteiger partial charge in [0.15, 0.2) is 5.60 Å². The van der Waals surface area contributed by atoms with Crippen LogP contribution in [0.1, 0.15) is 37.4 Å². The molecule has 1 aliphatic rings. The number of ether oxygens (including phenoxy) is 1. The molecule has 0 amide bonds. The van der Waals surface area contributed by atoms with Crippen LogP contribution >= 0.6 is 11.6 Å². The Morgan fingerprint density at radius 3 is 2.61 bits per heavy atom. The van der Waals surface area contributed by atoms with Crippen molar-refractivity contribution in [3.8, 4) is 5.75 Å². The van der Waals surface area contributed by atoms with Gasteiger partial charge in [0, 0.05) is 18.1 Å². The summed E-state index contributed by atoms with van der Waals surface area (Å²) in [6.45, 7) is 3.27. The number of benzene rings is 2. The van der Waals surface area contributed by atoms with Crippen LogP contribution in [0.15, 0.2) is 41.3 Å². The summed E-state index contributed by atoms with van der Waals surface area (Å²) in [4.78, 5) is 12.5. The maximum atomic E-state index is 14.4. The van der Waals surface area contributed by atoms with Crippen molar-refractivity contribution in [2.24, 2.45) is 7.05 Å². The van der Waals surface area contributed by atoms with Crippen molar-refractivity contribution in [2.45, 2.75) is 43.5 Å². The molecule has 2 N–H and O–H groups in total. The molecular formula is C23H23ClF3N3O3. The van der Waals surface area contributed by atoms with Crippen LogP contribution in [-0.4, -0.2) is 33.8 Å². The molecule has 2 atom stereocenters. The normalized spacial score (nSPS) is 22.2. The molecule has 10 heteroatoms. The molecule has 1 aliphatic carbocycles. The van der Waals surface area contributed by atoms with Gasteiger partial charge in [0.25, 0.3) is 5.56 Å². The number of fused-ring (bicyclic) bond motifs is 2.